The SMILES string of the molecule is O=C(CSc1nc2ccsc2c(=O)n1CCc1ccc(Cl)cc1)NCc1ccco1. The lowest BCUT2D eigenvalue weighted by atomic mass is 10.1. The number of carbonyl (C=O) groups is 1. The van der Waals surface area contributed by atoms with Crippen LogP contribution in [0.3, 0.4) is 0 Å². The van der Waals surface area contributed by atoms with Gasteiger partial charge in [0.25, 0.3) is 5.56 Å². The lowest BCUT2D eigenvalue weighted by Gasteiger charge is -2.12. The Morgan fingerprint density at radius 2 is 2.07 bits per heavy atom. The van der Waals surface area contributed by atoms with Gasteiger partial charge in [0.2, 0.25) is 5.91 Å². The summed E-state index contributed by atoms with van der Waals surface area (Å²) in [7, 11) is 0. The molecule has 1 N–H and O–H groups in total. The van der Waals surface area contributed by atoms with E-state index in [1.54, 1.807) is 23.0 Å². The standard InChI is InChI=1S/C21H18ClN3O3S2/c22-15-5-3-14(4-6-15)7-9-25-20(27)19-17(8-11-29-19)24-21(25)30-13-18(26)23-12-16-2-1-10-28-16/h1-6,8,10-11H,7,9,12-13H2,(H,23,26). The van der Waals surface area contributed by atoms with Crippen LogP contribution < -0.4 is 10.9 Å². The third-order valence-corrected chi connectivity index (χ3v) is 6.56. The second-order valence-corrected chi connectivity index (χ2v) is 8.80. The van der Waals surface area contributed by atoms with Crippen LogP contribution in [0, 0.1) is 0 Å². The van der Waals surface area contributed by atoms with Crippen LogP contribution in [0.2, 0.25) is 5.02 Å². The van der Waals surface area contributed by atoms with Crippen molar-refractivity contribution in [3.05, 3.63) is 80.8 Å². The lowest BCUT2D eigenvalue weighted by molar-refractivity contribution is -0.118. The van der Waals surface area contributed by atoms with Gasteiger partial charge in [0.05, 0.1) is 24.1 Å². The summed E-state index contributed by atoms with van der Waals surface area (Å²) in [5, 5.41) is 5.87. The maximum Gasteiger partial charge on any atom is 0.272 e. The number of nitrogens with zero attached hydrogens (tertiary/aromatic N) is 2. The van der Waals surface area contributed by atoms with Crippen LogP contribution in [-0.2, 0) is 24.3 Å². The van der Waals surface area contributed by atoms with E-state index in [1.165, 1.54) is 23.1 Å². The number of hydrogen-bond acceptors (Lipinski definition) is 6. The highest BCUT2D eigenvalue weighted by Crippen LogP contribution is 2.21. The fourth-order valence-electron chi connectivity index (χ4n) is 2.90. The van der Waals surface area contributed by atoms with E-state index in [9.17, 15) is 9.59 Å². The lowest BCUT2D eigenvalue weighted by Crippen LogP contribution is -2.26. The molecule has 0 radical (unpaired) electrons. The molecule has 0 saturated carbocycles. The van der Waals surface area contributed by atoms with Crippen LogP contribution in [0.1, 0.15) is 11.3 Å². The summed E-state index contributed by atoms with van der Waals surface area (Å²) in [6.45, 7) is 0.796. The second-order valence-electron chi connectivity index (χ2n) is 6.51. The summed E-state index contributed by atoms with van der Waals surface area (Å²) >= 11 is 8.58. The van der Waals surface area contributed by atoms with Crippen molar-refractivity contribution in [2.45, 2.75) is 24.7 Å². The molecule has 0 aliphatic heterocycles. The van der Waals surface area contributed by atoms with Crippen molar-refractivity contribution in [2.75, 3.05) is 5.75 Å². The largest absolute Gasteiger partial charge is 0.467 e. The van der Waals surface area contributed by atoms with E-state index in [4.69, 9.17) is 16.0 Å². The molecule has 0 bridgehead atoms. The highest BCUT2D eigenvalue weighted by Gasteiger charge is 2.14. The van der Waals surface area contributed by atoms with Crippen LogP contribution in [0.25, 0.3) is 10.2 Å². The number of thiophene rings is 1. The zero-order chi connectivity index (χ0) is 20.9. The molecule has 1 amide bonds. The molecular weight excluding hydrogens is 442 g/mol. The molecule has 0 aliphatic carbocycles. The van der Waals surface area contributed by atoms with Crippen LogP contribution in [0.5, 0.6) is 0 Å². The van der Waals surface area contributed by atoms with Gasteiger partial charge in [0.1, 0.15) is 10.5 Å². The van der Waals surface area contributed by atoms with Gasteiger partial charge >= 0.3 is 0 Å². The Hall–Kier alpha value is -2.55. The summed E-state index contributed by atoms with van der Waals surface area (Å²) < 4.78 is 7.49. The van der Waals surface area contributed by atoms with Crippen LogP contribution >= 0.6 is 34.7 Å². The first kappa shape index (κ1) is 20.7. The van der Waals surface area contributed by atoms with E-state index < -0.39 is 0 Å². The van der Waals surface area contributed by atoms with Crippen molar-refractivity contribution in [3.8, 4) is 0 Å². The first-order valence-corrected chi connectivity index (χ1v) is 11.5. The van der Waals surface area contributed by atoms with E-state index in [1.807, 2.05) is 35.7 Å². The third kappa shape index (κ3) is 4.95. The normalized spacial score (nSPS) is 11.1. The molecule has 0 saturated heterocycles. The van der Waals surface area contributed by atoms with Gasteiger partial charge in [-0.05, 0) is 47.7 Å². The van der Waals surface area contributed by atoms with E-state index in [0.717, 1.165) is 5.56 Å². The molecule has 0 aliphatic rings. The maximum absolute atomic E-state index is 13.0. The highest BCUT2D eigenvalue weighted by atomic mass is 35.5. The molecule has 3 heterocycles. The van der Waals surface area contributed by atoms with Crippen molar-refractivity contribution in [1.29, 1.82) is 0 Å². The molecule has 6 nitrogen and oxygen atoms in total. The van der Waals surface area contributed by atoms with Crippen LogP contribution in [0.15, 0.2) is 68.5 Å². The van der Waals surface area contributed by atoms with Crippen molar-refractivity contribution in [1.82, 2.24) is 14.9 Å². The molecule has 1 aromatic carbocycles. The van der Waals surface area contributed by atoms with E-state index >= 15 is 0 Å². The van der Waals surface area contributed by atoms with E-state index in [-0.39, 0.29) is 17.2 Å². The fourth-order valence-corrected chi connectivity index (χ4v) is 4.66. The molecule has 154 valence electrons. The number of aryl methyl sites for hydroxylation is 1. The number of halogens is 1. The van der Waals surface area contributed by atoms with Crippen LogP contribution in [0.4, 0.5) is 0 Å². The van der Waals surface area contributed by atoms with Gasteiger partial charge in [-0.1, -0.05) is 35.5 Å². The molecule has 9 heteroatoms. The average Bonchev–Trinajstić information content (AvgIpc) is 3.43. The van der Waals surface area contributed by atoms with Gasteiger partial charge in [0, 0.05) is 11.6 Å². The number of benzene rings is 1. The number of furan rings is 1. The zero-order valence-corrected chi connectivity index (χ0v) is 18.2. The minimum Gasteiger partial charge on any atom is -0.467 e. The molecule has 30 heavy (non-hydrogen) atoms. The van der Waals surface area contributed by atoms with Crippen molar-refractivity contribution >= 4 is 50.8 Å². The predicted molar refractivity (Wildman–Crippen MR) is 120 cm³/mol. The predicted octanol–water partition coefficient (Wildman–Crippen LogP) is 4.36. The smallest absolute Gasteiger partial charge is 0.272 e. The van der Waals surface area contributed by atoms with E-state index in [2.05, 4.69) is 10.3 Å². The van der Waals surface area contributed by atoms with E-state index in [0.29, 0.717) is 45.7 Å². The quantitative estimate of drug-likeness (QED) is 0.313. The Kier molecular flexibility index (Phi) is 6.56. The Morgan fingerprint density at radius 3 is 2.83 bits per heavy atom. The van der Waals surface area contributed by atoms with Crippen LogP contribution in [-0.4, -0.2) is 21.2 Å². The zero-order valence-electron chi connectivity index (χ0n) is 15.8. The fraction of sp³-hybridized carbons (Fsp3) is 0.190. The molecule has 4 rings (SSSR count). The summed E-state index contributed by atoms with van der Waals surface area (Å²) in [5.74, 6) is 0.690. The Labute approximate surface area is 185 Å². The Morgan fingerprint density at radius 1 is 1.23 bits per heavy atom. The van der Waals surface area contributed by atoms with Gasteiger partial charge < -0.3 is 9.73 Å². The molecule has 0 spiro atoms. The highest BCUT2D eigenvalue weighted by molar-refractivity contribution is 7.99. The first-order valence-electron chi connectivity index (χ1n) is 9.24. The number of carbonyl (C=O) groups excluding carboxylic acids is 1. The van der Waals surface area contributed by atoms with Crippen molar-refractivity contribution in [3.63, 3.8) is 0 Å². The number of rotatable bonds is 8. The summed E-state index contributed by atoms with van der Waals surface area (Å²) in [6.07, 6.45) is 2.23. The molecule has 0 fully saturated rings. The number of hydrogen-bond donors (Lipinski definition) is 1. The van der Waals surface area contributed by atoms with Crippen molar-refractivity contribution in [2.24, 2.45) is 0 Å². The minimum absolute atomic E-state index is 0.0811. The van der Waals surface area contributed by atoms with Gasteiger partial charge in [-0.2, -0.15) is 0 Å². The van der Waals surface area contributed by atoms with Gasteiger partial charge in [0.15, 0.2) is 5.16 Å². The summed E-state index contributed by atoms with van der Waals surface area (Å²) in [6, 6.07) is 13.0. The summed E-state index contributed by atoms with van der Waals surface area (Å²) in [4.78, 5) is 29.9. The first-order chi connectivity index (χ1) is 14.6. The monoisotopic (exact) mass is 459 g/mol. The topological polar surface area (TPSA) is 77.1 Å². The third-order valence-electron chi connectivity index (χ3n) is 4.44. The Bertz CT molecular complexity index is 1200. The number of amides is 1. The number of fused-ring (bicyclic) bond motifs is 1. The van der Waals surface area contributed by atoms with Gasteiger partial charge in [-0.15, -0.1) is 11.3 Å². The maximum atomic E-state index is 13.0. The second kappa shape index (κ2) is 9.51. The number of aromatic nitrogens is 2. The summed E-state index contributed by atoms with van der Waals surface area (Å²) in [5.41, 5.74) is 1.65. The molecule has 0 unspecified atom stereocenters. The number of nitrogens with one attached hydrogen (secondary N) is 1. The van der Waals surface area contributed by atoms with Crippen molar-refractivity contribution < 1.29 is 9.21 Å². The average molecular weight is 460 g/mol. The molecule has 3 aromatic heterocycles. The molecule has 0 atom stereocenters. The number of thioether (sulfide) groups is 1. The minimum atomic E-state index is -0.152. The van der Waals surface area contributed by atoms with Gasteiger partial charge in [-0.25, -0.2) is 4.98 Å². The molecule has 4 aromatic rings. The Balaban J connectivity index is 1.49. The van der Waals surface area contributed by atoms with Gasteiger partial charge in [-0.3, -0.25) is 14.2 Å². The molecular formula is C21H18ClN3O3S2.